The van der Waals surface area contributed by atoms with Gasteiger partial charge in [-0.1, -0.05) is 13.0 Å². The van der Waals surface area contributed by atoms with Crippen molar-refractivity contribution in [2.45, 2.75) is 38.7 Å². The van der Waals surface area contributed by atoms with E-state index in [4.69, 9.17) is 4.74 Å². The minimum atomic E-state index is -0.0419. The number of nitrogens with one attached hydrogen (secondary N) is 2. The number of benzene rings is 1. The van der Waals surface area contributed by atoms with Crippen LogP contribution in [0.2, 0.25) is 0 Å². The lowest BCUT2D eigenvalue weighted by Gasteiger charge is -2.13. The van der Waals surface area contributed by atoms with E-state index in [-0.39, 0.29) is 5.91 Å². The maximum atomic E-state index is 12.0. The van der Waals surface area contributed by atoms with Crippen LogP contribution in [0.3, 0.4) is 0 Å². The first-order chi connectivity index (χ1) is 9.79. The lowest BCUT2D eigenvalue weighted by Crippen LogP contribution is -2.31. The Bertz CT molecular complexity index is 428. The first kappa shape index (κ1) is 14.9. The Hall–Kier alpha value is -1.55. The number of hydrogen-bond donors (Lipinski definition) is 2. The molecule has 1 aliphatic carbocycles. The summed E-state index contributed by atoms with van der Waals surface area (Å²) in [6, 6.07) is 7.46. The summed E-state index contributed by atoms with van der Waals surface area (Å²) in [7, 11) is 0. The second kappa shape index (κ2) is 7.90. The van der Waals surface area contributed by atoms with Gasteiger partial charge in [0, 0.05) is 18.7 Å². The Labute approximate surface area is 120 Å². The van der Waals surface area contributed by atoms with Crippen molar-refractivity contribution in [3.8, 4) is 5.75 Å². The normalized spacial score (nSPS) is 15.2. The number of likely N-dealkylation sites (N-methyl/N-ethyl adjacent to an activating group) is 1. The van der Waals surface area contributed by atoms with Crippen LogP contribution in [0.15, 0.2) is 24.3 Å². The Balaban J connectivity index is 1.86. The van der Waals surface area contributed by atoms with Crippen LogP contribution in [0.25, 0.3) is 0 Å². The molecule has 0 unspecified atom stereocenters. The van der Waals surface area contributed by atoms with Crippen LogP contribution in [0.5, 0.6) is 5.75 Å². The van der Waals surface area contributed by atoms with Gasteiger partial charge in [-0.2, -0.15) is 0 Å². The molecule has 2 rings (SSSR count). The zero-order valence-corrected chi connectivity index (χ0v) is 12.2. The predicted molar refractivity (Wildman–Crippen MR) is 80.2 cm³/mol. The van der Waals surface area contributed by atoms with Gasteiger partial charge >= 0.3 is 0 Å². The Morgan fingerprint density at radius 1 is 1.30 bits per heavy atom. The fraction of sp³-hybridized carbons (Fsp3) is 0.562. The van der Waals surface area contributed by atoms with Gasteiger partial charge in [0.1, 0.15) is 5.75 Å². The van der Waals surface area contributed by atoms with E-state index in [1.54, 1.807) is 0 Å². The van der Waals surface area contributed by atoms with Gasteiger partial charge < -0.3 is 15.4 Å². The second-order valence-corrected chi connectivity index (χ2v) is 5.16. The molecular formula is C16H24N2O2. The zero-order valence-electron chi connectivity index (χ0n) is 12.2. The van der Waals surface area contributed by atoms with Crippen molar-refractivity contribution >= 4 is 5.91 Å². The van der Waals surface area contributed by atoms with Crippen LogP contribution >= 0.6 is 0 Å². The Morgan fingerprint density at radius 2 is 2.10 bits per heavy atom. The van der Waals surface area contributed by atoms with Crippen molar-refractivity contribution in [2.24, 2.45) is 0 Å². The lowest BCUT2D eigenvalue weighted by molar-refractivity contribution is 0.0953. The van der Waals surface area contributed by atoms with Gasteiger partial charge in [0.15, 0.2) is 0 Å². The van der Waals surface area contributed by atoms with Crippen LogP contribution in [-0.2, 0) is 0 Å². The minimum absolute atomic E-state index is 0.0419. The second-order valence-electron chi connectivity index (χ2n) is 5.16. The molecule has 1 aliphatic rings. The average Bonchev–Trinajstić information content (AvgIpc) is 2.96. The van der Waals surface area contributed by atoms with Gasteiger partial charge in [-0.3, -0.25) is 4.79 Å². The van der Waals surface area contributed by atoms with Crippen molar-refractivity contribution in [3.63, 3.8) is 0 Å². The number of rotatable bonds is 7. The molecular weight excluding hydrogens is 252 g/mol. The first-order valence-corrected chi connectivity index (χ1v) is 7.55. The molecule has 20 heavy (non-hydrogen) atoms. The highest BCUT2D eigenvalue weighted by molar-refractivity contribution is 5.94. The number of ether oxygens (including phenoxy) is 1. The van der Waals surface area contributed by atoms with Crippen LogP contribution in [0.1, 0.15) is 43.0 Å². The van der Waals surface area contributed by atoms with E-state index in [1.807, 2.05) is 31.2 Å². The van der Waals surface area contributed by atoms with Gasteiger partial charge in [0.2, 0.25) is 0 Å². The van der Waals surface area contributed by atoms with Crippen molar-refractivity contribution in [3.05, 3.63) is 29.8 Å². The smallest absolute Gasteiger partial charge is 0.251 e. The summed E-state index contributed by atoms with van der Waals surface area (Å²) >= 11 is 0. The highest BCUT2D eigenvalue weighted by atomic mass is 16.5. The van der Waals surface area contributed by atoms with Crippen molar-refractivity contribution in [2.75, 3.05) is 19.6 Å². The van der Waals surface area contributed by atoms with E-state index in [0.29, 0.717) is 18.2 Å². The molecule has 0 radical (unpaired) electrons. The summed E-state index contributed by atoms with van der Waals surface area (Å²) in [5, 5.41) is 6.07. The van der Waals surface area contributed by atoms with E-state index in [9.17, 15) is 4.79 Å². The molecule has 1 fully saturated rings. The quantitative estimate of drug-likeness (QED) is 0.752. The molecule has 0 aromatic heterocycles. The van der Waals surface area contributed by atoms with Crippen molar-refractivity contribution in [1.29, 1.82) is 0 Å². The van der Waals surface area contributed by atoms with Crippen LogP contribution in [0, 0.1) is 0 Å². The average molecular weight is 276 g/mol. The SMILES string of the molecule is CCNCCNC(=O)c1cccc(OC2CCCC2)c1. The summed E-state index contributed by atoms with van der Waals surface area (Å²) in [6.07, 6.45) is 5.06. The largest absolute Gasteiger partial charge is 0.490 e. The third-order valence-corrected chi connectivity index (χ3v) is 3.54. The van der Waals surface area contributed by atoms with E-state index in [0.717, 1.165) is 31.7 Å². The van der Waals surface area contributed by atoms with E-state index >= 15 is 0 Å². The van der Waals surface area contributed by atoms with Gasteiger partial charge in [0.05, 0.1) is 6.10 Å². The molecule has 0 atom stereocenters. The van der Waals surface area contributed by atoms with Crippen LogP contribution in [-0.4, -0.2) is 31.6 Å². The molecule has 0 heterocycles. The molecule has 1 saturated carbocycles. The predicted octanol–water partition coefficient (Wildman–Crippen LogP) is 2.35. The third kappa shape index (κ3) is 4.53. The summed E-state index contributed by atoms with van der Waals surface area (Å²) in [5.41, 5.74) is 0.664. The van der Waals surface area contributed by atoms with E-state index in [2.05, 4.69) is 10.6 Å². The number of carbonyl (C=O) groups is 1. The lowest BCUT2D eigenvalue weighted by atomic mass is 10.2. The fourth-order valence-corrected chi connectivity index (χ4v) is 2.45. The molecule has 0 bridgehead atoms. The number of hydrogen-bond acceptors (Lipinski definition) is 3. The van der Waals surface area contributed by atoms with Gasteiger partial charge in [-0.15, -0.1) is 0 Å². The topological polar surface area (TPSA) is 50.4 Å². The monoisotopic (exact) mass is 276 g/mol. The molecule has 1 amide bonds. The molecule has 1 aromatic rings. The minimum Gasteiger partial charge on any atom is -0.490 e. The molecule has 1 aromatic carbocycles. The van der Waals surface area contributed by atoms with Crippen molar-refractivity contribution < 1.29 is 9.53 Å². The van der Waals surface area contributed by atoms with E-state index < -0.39 is 0 Å². The fourth-order valence-electron chi connectivity index (χ4n) is 2.45. The summed E-state index contributed by atoms with van der Waals surface area (Å²) in [4.78, 5) is 12.0. The van der Waals surface area contributed by atoms with Crippen LogP contribution in [0.4, 0.5) is 0 Å². The molecule has 0 saturated heterocycles. The molecule has 4 nitrogen and oxygen atoms in total. The van der Waals surface area contributed by atoms with E-state index in [1.165, 1.54) is 12.8 Å². The molecule has 0 spiro atoms. The zero-order chi connectivity index (χ0) is 14.2. The van der Waals surface area contributed by atoms with Gasteiger partial charge in [-0.25, -0.2) is 0 Å². The first-order valence-electron chi connectivity index (χ1n) is 7.55. The van der Waals surface area contributed by atoms with Gasteiger partial charge in [-0.05, 0) is 50.4 Å². The summed E-state index contributed by atoms with van der Waals surface area (Å²) in [6.45, 7) is 4.40. The Morgan fingerprint density at radius 3 is 2.85 bits per heavy atom. The standard InChI is InChI=1S/C16H24N2O2/c1-2-17-10-11-18-16(19)13-6-5-9-15(12-13)20-14-7-3-4-8-14/h5-6,9,12,14,17H,2-4,7-8,10-11H2,1H3,(H,18,19). The highest BCUT2D eigenvalue weighted by Gasteiger charge is 2.16. The third-order valence-electron chi connectivity index (χ3n) is 3.54. The van der Waals surface area contributed by atoms with Crippen molar-refractivity contribution in [1.82, 2.24) is 10.6 Å². The summed E-state index contributed by atoms with van der Waals surface area (Å²) < 4.78 is 5.92. The van der Waals surface area contributed by atoms with Crippen LogP contribution < -0.4 is 15.4 Å². The Kier molecular flexibility index (Phi) is 5.87. The maximum Gasteiger partial charge on any atom is 0.251 e. The maximum absolute atomic E-state index is 12.0. The molecule has 0 aliphatic heterocycles. The van der Waals surface area contributed by atoms with Gasteiger partial charge in [0.25, 0.3) is 5.91 Å². The molecule has 4 heteroatoms. The number of amides is 1. The summed E-state index contributed by atoms with van der Waals surface area (Å²) in [5.74, 6) is 0.760. The molecule has 2 N–H and O–H groups in total. The highest BCUT2D eigenvalue weighted by Crippen LogP contribution is 2.24. The molecule has 110 valence electrons. The number of carbonyl (C=O) groups excluding carboxylic acids is 1.